The van der Waals surface area contributed by atoms with Crippen LogP contribution >= 0.6 is 0 Å². The number of aromatic nitrogens is 2. The third-order valence-corrected chi connectivity index (χ3v) is 6.92. The van der Waals surface area contributed by atoms with Gasteiger partial charge in [0.15, 0.2) is 5.78 Å². The van der Waals surface area contributed by atoms with Crippen LogP contribution in [0.4, 0.5) is 5.82 Å². The molecule has 6 nitrogen and oxygen atoms in total. The van der Waals surface area contributed by atoms with E-state index in [1.165, 1.54) is 49.4 Å². The molecule has 1 unspecified atom stereocenters. The van der Waals surface area contributed by atoms with Crippen molar-refractivity contribution in [1.82, 2.24) is 9.97 Å². The van der Waals surface area contributed by atoms with Crippen molar-refractivity contribution in [2.24, 2.45) is 0 Å². The van der Waals surface area contributed by atoms with Crippen LogP contribution in [0.2, 0.25) is 0 Å². The average Bonchev–Trinajstić information content (AvgIpc) is 3.43. The summed E-state index contributed by atoms with van der Waals surface area (Å²) in [6.07, 6.45) is 9.00. The molecule has 0 amide bonds. The minimum atomic E-state index is 0.109. The van der Waals surface area contributed by atoms with Crippen LogP contribution < -0.4 is 4.90 Å². The average molecular weight is 576 g/mol. The zero-order valence-corrected chi connectivity index (χ0v) is 27.3. The Bertz CT molecular complexity index is 1160. The standard InChI is InChI=1S/C16H16O.C13H21N3.C5H12O.C2H4O/c1-3-13-4-6-15(7-5-13)16-10-8-14(9-11-16)12(2)17;1-4-6-12-9-13(15-11(3)14-12)16-8-5-7-10(16)2;1-3-4-5-6-2;1-2-3/h4-11H,3H2,1-2H3;9-10H,4-8H2,1-3H3;3-5H2,1-2H3;2H,1H3. The molecule has 0 spiro atoms. The first-order valence-corrected chi connectivity index (χ1v) is 15.4. The molecule has 1 saturated heterocycles. The fourth-order valence-electron chi connectivity index (χ4n) is 4.54. The van der Waals surface area contributed by atoms with Crippen molar-refractivity contribution in [1.29, 1.82) is 0 Å². The van der Waals surface area contributed by atoms with Crippen LogP contribution in [0.15, 0.2) is 54.6 Å². The number of anilines is 1. The van der Waals surface area contributed by atoms with Crippen LogP contribution in [0.1, 0.15) is 101 Å². The van der Waals surface area contributed by atoms with E-state index in [1.807, 2.05) is 31.2 Å². The summed E-state index contributed by atoms with van der Waals surface area (Å²) in [7, 11) is 1.73. The number of unbranched alkanes of at least 4 members (excludes halogenated alkanes) is 1. The minimum Gasteiger partial charge on any atom is -0.385 e. The number of Topliss-reactive ketones (excluding diaryl/α,β-unsaturated/α-hetero) is 1. The first kappa shape index (κ1) is 36.6. The van der Waals surface area contributed by atoms with Crippen molar-refractivity contribution >= 4 is 17.9 Å². The summed E-state index contributed by atoms with van der Waals surface area (Å²) < 4.78 is 4.78. The topological polar surface area (TPSA) is 72.4 Å². The number of carbonyl (C=O) groups is 2. The van der Waals surface area contributed by atoms with E-state index < -0.39 is 0 Å². The van der Waals surface area contributed by atoms with Gasteiger partial charge in [-0.15, -0.1) is 0 Å². The van der Waals surface area contributed by atoms with Crippen molar-refractivity contribution < 1.29 is 14.3 Å². The molecule has 0 N–H and O–H groups in total. The van der Waals surface area contributed by atoms with Gasteiger partial charge in [0.05, 0.1) is 0 Å². The molecule has 1 atom stereocenters. The SMILES string of the molecule is CC=O.CCCCOC.CCCc1cc(N2CCCC2C)nc(C)n1.CCc1ccc(-c2ccc(C(C)=O)cc2)cc1. The molecular formula is C36H53N3O3. The number of hydrogen-bond donors (Lipinski definition) is 0. The molecule has 0 radical (unpaired) electrons. The second-order valence-corrected chi connectivity index (χ2v) is 10.5. The molecule has 42 heavy (non-hydrogen) atoms. The Labute approximate surface area is 254 Å². The fourth-order valence-corrected chi connectivity index (χ4v) is 4.54. The maximum atomic E-state index is 11.2. The highest BCUT2D eigenvalue weighted by Crippen LogP contribution is 2.24. The highest BCUT2D eigenvalue weighted by molar-refractivity contribution is 5.94. The zero-order chi connectivity index (χ0) is 31.3. The summed E-state index contributed by atoms with van der Waals surface area (Å²) in [4.78, 5) is 31.4. The van der Waals surface area contributed by atoms with Gasteiger partial charge in [0.2, 0.25) is 0 Å². The van der Waals surface area contributed by atoms with E-state index in [0.29, 0.717) is 6.04 Å². The predicted octanol–water partition coefficient (Wildman–Crippen LogP) is 8.48. The maximum absolute atomic E-state index is 11.2. The van der Waals surface area contributed by atoms with Crippen molar-refractivity contribution in [2.75, 3.05) is 25.2 Å². The van der Waals surface area contributed by atoms with Gasteiger partial charge in [0.25, 0.3) is 0 Å². The molecule has 0 saturated carbocycles. The molecule has 1 aromatic heterocycles. The van der Waals surface area contributed by atoms with Gasteiger partial charge < -0.3 is 14.4 Å². The summed E-state index contributed by atoms with van der Waals surface area (Å²) in [6, 6.07) is 19.1. The number of aryl methyl sites for hydroxylation is 3. The van der Waals surface area contributed by atoms with E-state index in [9.17, 15) is 4.79 Å². The molecule has 6 heteroatoms. The molecule has 0 aliphatic carbocycles. The Balaban J connectivity index is 0.000000328. The lowest BCUT2D eigenvalue weighted by Gasteiger charge is -2.23. The van der Waals surface area contributed by atoms with Gasteiger partial charge in [-0.25, -0.2) is 9.97 Å². The van der Waals surface area contributed by atoms with Crippen LogP contribution in [0.25, 0.3) is 11.1 Å². The molecule has 4 rings (SSSR count). The van der Waals surface area contributed by atoms with Crippen LogP contribution in [0, 0.1) is 6.92 Å². The molecule has 2 heterocycles. The number of ether oxygens (including phenoxy) is 1. The number of methoxy groups -OCH3 is 1. The van der Waals surface area contributed by atoms with Gasteiger partial charge in [0.1, 0.15) is 17.9 Å². The lowest BCUT2D eigenvalue weighted by molar-refractivity contribution is -0.106. The second-order valence-electron chi connectivity index (χ2n) is 10.5. The Kier molecular flexibility index (Phi) is 18.6. The fraction of sp³-hybridized carbons (Fsp3) is 0.500. The first-order valence-electron chi connectivity index (χ1n) is 15.4. The number of aldehydes is 1. The van der Waals surface area contributed by atoms with E-state index in [4.69, 9.17) is 9.53 Å². The summed E-state index contributed by atoms with van der Waals surface area (Å²) in [5.74, 6) is 2.14. The number of ketones is 1. The smallest absolute Gasteiger partial charge is 0.159 e. The number of rotatable bonds is 9. The Morgan fingerprint density at radius 1 is 1.00 bits per heavy atom. The van der Waals surface area contributed by atoms with Crippen LogP contribution in [-0.2, 0) is 22.4 Å². The molecule has 230 valence electrons. The van der Waals surface area contributed by atoms with E-state index in [2.05, 4.69) is 72.9 Å². The Morgan fingerprint density at radius 2 is 1.60 bits per heavy atom. The third kappa shape index (κ3) is 13.5. The lowest BCUT2D eigenvalue weighted by atomic mass is 10.0. The summed E-state index contributed by atoms with van der Waals surface area (Å²) in [5, 5.41) is 0. The highest BCUT2D eigenvalue weighted by Gasteiger charge is 2.22. The summed E-state index contributed by atoms with van der Waals surface area (Å²) in [5.41, 5.74) is 5.63. The Hall–Kier alpha value is -3.38. The van der Waals surface area contributed by atoms with Gasteiger partial charge in [-0.05, 0) is 76.5 Å². The first-order chi connectivity index (χ1) is 20.2. The van der Waals surface area contributed by atoms with E-state index in [1.54, 1.807) is 14.0 Å². The number of benzene rings is 2. The predicted molar refractivity (Wildman–Crippen MR) is 177 cm³/mol. The Morgan fingerprint density at radius 3 is 2.02 bits per heavy atom. The minimum absolute atomic E-state index is 0.109. The van der Waals surface area contributed by atoms with Gasteiger partial charge in [0, 0.05) is 43.6 Å². The second kappa shape index (κ2) is 21.3. The molecule has 1 aliphatic rings. The molecule has 3 aromatic rings. The van der Waals surface area contributed by atoms with Crippen LogP contribution in [-0.4, -0.2) is 48.3 Å². The van der Waals surface area contributed by atoms with E-state index in [0.717, 1.165) is 61.5 Å². The molecule has 1 fully saturated rings. The molecule has 0 bridgehead atoms. The quantitative estimate of drug-likeness (QED) is 0.145. The molecular weight excluding hydrogens is 522 g/mol. The van der Waals surface area contributed by atoms with Gasteiger partial charge >= 0.3 is 0 Å². The summed E-state index contributed by atoms with van der Waals surface area (Å²) >= 11 is 0. The lowest BCUT2D eigenvalue weighted by Crippen LogP contribution is -2.27. The van der Waals surface area contributed by atoms with Crippen LogP contribution in [0.3, 0.4) is 0 Å². The van der Waals surface area contributed by atoms with Gasteiger partial charge in [-0.2, -0.15) is 0 Å². The van der Waals surface area contributed by atoms with Gasteiger partial charge in [-0.1, -0.05) is 82.1 Å². The largest absolute Gasteiger partial charge is 0.385 e. The zero-order valence-electron chi connectivity index (χ0n) is 27.3. The third-order valence-electron chi connectivity index (χ3n) is 6.92. The van der Waals surface area contributed by atoms with Gasteiger partial charge in [-0.3, -0.25) is 4.79 Å². The van der Waals surface area contributed by atoms with Crippen molar-refractivity contribution in [3.05, 3.63) is 77.2 Å². The number of carbonyl (C=O) groups excluding carboxylic acids is 2. The maximum Gasteiger partial charge on any atom is 0.159 e. The normalized spacial score (nSPS) is 13.5. The highest BCUT2D eigenvalue weighted by atomic mass is 16.5. The monoisotopic (exact) mass is 575 g/mol. The van der Waals surface area contributed by atoms with Crippen LogP contribution in [0.5, 0.6) is 0 Å². The van der Waals surface area contributed by atoms with Crippen molar-refractivity contribution in [3.8, 4) is 11.1 Å². The van der Waals surface area contributed by atoms with E-state index >= 15 is 0 Å². The number of nitrogens with zero attached hydrogens (tertiary/aromatic N) is 3. The van der Waals surface area contributed by atoms with E-state index in [-0.39, 0.29) is 5.78 Å². The molecule has 1 aliphatic heterocycles. The number of hydrogen-bond acceptors (Lipinski definition) is 6. The summed E-state index contributed by atoms with van der Waals surface area (Å²) in [6.45, 7) is 15.9. The molecule has 2 aromatic carbocycles. The van der Waals surface area contributed by atoms with Crippen molar-refractivity contribution in [2.45, 2.75) is 99.5 Å². The van der Waals surface area contributed by atoms with Crippen molar-refractivity contribution in [3.63, 3.8) is 0 Å².